The third-order valence-corrected chi connectivity index (χ3v) is 2.77. The van der Waals surface area contributed by atoms with Gasteiger partial charge in [-0.3, -0.25) is 0 Å². The zero-order valence-corrected chi connectivity index (χ0v) is 12.2. The highest BCUT2D eigenvalue weighted by Crippen LogP contribution is 2.27. The maximum absolute atomic E-state index is 11.5. The molecule has 0 aliphatic heterocycles. The van der Waals surface area contributed by atoms with E-state index in [9.17, 15) is 4.79 Å². The van der Waals surface area contributed by atoms with Crippen LogP contribution in [-0.4, -0.2) is 24.7 Å². The van der Waals surface area contributed by atoms with Crippen LogP contribution in [0.2, 0.25) is 5.02 Å². The Kier molecular flexibility index (Phi) is 6.12. The molecule has 1 aromatic carbocycles. The quantitative estimate of drug-likeness (QED) is 0.816. The molecule has 0 bridgehead atoms. The number of carbonyl (C=O) groups excluding carboxylic acids is 1. The second-order valence-electron chi connectivity index (χ2n) is 4.46. The van der Waals surface area contributed by atoms with Crippen LogP contribution in [0.15, 0.2) is 18.2 Å². The van der Waals surface area contributed by atoms with Gasteiger partial charge in [0.25, 0.3) is 0 Å². The van der Waals surface area contributed by atoms with Crippen molar-refractivity contribution < 1.29 is 14.3 Å². The maximum atomic E-state index is 11.5. The zero-order valence-electron chi connectivity index (χ0n) is 11.5. The summed E-state index contributed by atoms with van der Waals surface area (Å²) in [6.45, 7) is 5.64. The molecule has 19 heavy (non-hydrogen) atoms. The largest absolute Gasteiger partial charge is 0.477 e. The summed E-state index contributed by atoms with van der Waals surface area (Å²) in [6.07, 6.45) is 0.0599. The van der Waals surface area contributed by atoms with E-state index in [0.717, 1.165) is 12.0 Å². The number of carbonyl (C=O) groups is 1. The van der Waals surface area contributed by atoms with Crippen molar-refractivity contribution in [3.63, 3.8) is 0 Å². The molecule has 0 saturated carbocycles. The van der Waals surface area contributed by atoms with Gasteiger partial charge >= 0.3 is 5.97 Å². The normalized spacial score (nSPS) is 13.7. The first kappa shape index (κ1) is 15.8. The SMILES string of the molecule is CCOC(=O)C(C)Oc1ccc(CC(C)N)cc1Cl. The molecule has 0 heterocycles. The molecule has 2 atom stereocenters. The van der Waals surface area contributed by atoms with Gasteiger partial charge in [0.2, 0.25) is 0 Å². The lowest BCUT2D eigenvalue weighted by Gasteiger charge is -2.15. The number of ether oxygens (including phenoxy) is 2. The molecular weight excluding hydrogens is 266 g/mol. The van der Waals surface area contributed by atoms with Crippen LogP contribution >= 0.6 is 11.6 Å². The molecule has 1 rings (SSSR count). The van der Waals surface area contributed by atoms with Gasteiger partial charge in [-0.25, -0.2) is 4.79 Å². The molecule has 0 saturated heterocycles. The molecule has 0 spiro atoms. The van der Waals surface area contributed by atoms with Crippen molar-refractivity contribution in [2.24, 2.45) is 5.73 Å². The Morgan fingerprint density at radius 1 is 1.42 bits per heavy atom. The van der Waals surface area contributed by atoms with E-state index in [-0.39, 0.29) is 6.04 Å². The first-order chi connectivity index (χ1) is 8.93. The van der Waals surface area contributed by atoms with E-state index in [2.05, 4.69) is 0 Å². The summed E-state index contributed by atoms with van der Waals surface area (Å²) in [4.78, 5) is 11.5. The summed E-state index contributed by atoms with van der Waals surface area (Å²) in [7, 11) is 0. The van der Waals surface area contributed by atoms with Gasteiger partial charge in [0.05, 0.1) is 11.6 Å². The van der Waals surface area contributed by atoms with Crippen LogP contribution < -0.4 is 10.5 Å². The number of hydrogen-bond donors (Lipinski definition) is 1. The summed E-state index contributed by atoms with van der Waals surface area (Å²) in [5.74, 6) is 0.0638. The molecule has 2 N–H and O–H groups in total. The van der Waals surface area contributed by atoms with Gasteiger partial charge < -0.3 is 15.2 Å². The average molecular weight is 286 g/mol. The molecule has 2 unspecified atom stereocenters. The van der Waals surface area contributed by atoms with Gasteiger partial charge in [0.15, 0.2) is 6.10 Å². The van der Waals surface area contributed by atoms with Gasteiger partial charge in [-0.1, -0.05) is 17.7 Å². The molecule has 0 aromatic heterocycles. The number of esters is 1. The topological polar surface area (TPSA) is 61.5 Å². The molecule has 0 amide bonds. The number of hydrogen-bond acceptors (Lipinski definition) is 4. The third-order valence-electron chi connectivity index (χ3n) is 2.48. The summed E-state index contributed by atoms with van der Waals surface area (Å²) in [5.41, 5.74) is 6.77. The molecular formula is C14H20ClNO3. The van der Waals surface area contributed by atoms with Crippen LogP contribution in [0.4, 0.5) is 0 Å². The Morgan fingerprint density at radius 3 is 2.63 bits per heavy atom. The van der Waals surface area contributed by atoms with Crippen molar-refractivity contribution in [3.05, 3.63) is 28.8 Å². The van der Waals surface area contributed by atoms with E-state index in [4.69, 9.17) is 26.8 Å². The molecule has 106 valence electrons. The van der Waals surface area contributed by atoms with Gasteiger partial charge in [-0.2, -0.15) is 0 Å². The second-order valence-corrected chi connectivity index (χ2v) is 4.87. The summed E-state index contributed by atoms with van der Waals surface area (Å²) < 4.78 is 10.4. The highest BCUT2D eigenvalue weighted by molar-refractivity contribution is 6.32. The minimum atomic E-state index is -0.684. The van der Waals surface area contributed by atoms with Crippen LogP contribution in [0.3, 0.4) is 0 Å². The van der Waals surface area contributed by atoms with Crippen LogP contribution in [0, 0.1) is 0 Å². The van der Waals surface area contributed by atoms with E-state index in [1.165, 1.54) is 0 Å². The monoisotopic (exact) mass is 285 g/mol. The van der Waals surface area contributed by atoms with Crippen molar-refractivity contribution >= 4 is 17.6 Å². The minimum absolute atomic E-state index is 0.0706. The minimum Gasteiger partial charge on any atom is -0.477 e. The van der Waals surface area contributed by atoms with Crippen LogP contribution in [0.1, 0.15) is 26.3 Å². The number of rotatable bonds is 6. The predicted octanol–water partition coefficient (Wildman–Crippen LogP) is 2.56. The highest BCUT2D eigenvalue weighted by Gasteiger charge is 2.17. The zero-order chi connectivity index (χ0) is 14.4. The van der Waals surface area contributed by atoms with Gasteiger partial charge in [0, 0.05) is 6.04 Å². The summed E-state index contributed by atoms with van der Waals surface area (Å²) in [6, 6.07) is 5.51. The number of nitrogens with two attached hydrogens (primary N) is 1. The smallest absolute Gasteiger partial charge is 0.347 e. The lowest BCUT2D eigenvalue weighted by atomic mass is 10.1. The Labute approximate surface area is 118 Å². The van der Waals surface area contributed by atoms with Crippen molar-refractivity contribution in [2.75, 3.05) is 6.61 Å². The van der Waals surface area contributed by atoms with Crippen molar-refractivity contribution in [1.82, 2.24) is 0 Å². The average Bonchev–Trinajstić information content (AvgIpc) is 2.32. The summed E-state index contributed by atoms with van der Waals surface area (Å²) in [5, 5.41) is 0.467. The standard InChI is InChI=1S/C14H20ClNO3/c1-4-18-14(17)10(3)19-13-6-5-11(7-9(2)16)8-12(13)15/h5-6,8-10H,4,7,16H2,1-3H3. The second kappa shape index (κ2) is 7.36. The Bertz CT molecular complexity index is 435. The van der Waals surface area contributed by atoms with Gasteiger partial charge in [-0.15, -0.1) is 0 Å². The molecule has 5 heteroatoms. The fourth-order valence-electron chi connectivity index (χ4n) is 1.64. The Hall–Kier alpha value is -1.26. The Morgan fingerprint density at radius 2 is 2.11 bits per heavy atom. The van der Waals surface area contributed by atoms with Gasteiger partial charge in [-0.05, 0) is 44.9 Å². The number of benzene rings is 1. The van der Waals surface area contributed by atoms with E-state index in [1.807, 2.05) is 13.0 Å². The molecule has 4 nitrogen and oxygen atoms in total. The molecule has 0 fully saturated rings. The van der Waals surface area contributed by atoms with Crippen LogP contribution in [-0.2, 0) is 16.0 Å². The lowest BCUT2D eigenvalue weighted by Crippen LogP contribution is -2.26. The highest BCUT2D eigenvalue weighted by atomic mass is 35.5. The van der Waals surface area contributed by atoms with E-state index >= 15 is 0 Å². The van der Waals surface area contributed by atoms with Crippen molar-refractivity contribution in [2.45, 2.75) is 39.3 Å². The van der Waals surface area contributed by atoms with E-state index in [0.29, 0.717) is 17.4 Å². The van der Waals surface area contributed by atoms with Gasteiger partial charge in [0.1, 0.15) is 5.75 Å². The molecule has 0 aliphatic carbocycles. The molecule has 0 aliphatic rings. The number of halogens is 1. The van der Waals surface area contributed by atoms with Crippen LogP contribution in [0.5, 0.6) is 5.75 Å². The fraction of sp³-hybridized carbons (Fsp3) is 0.500. The lowest BCUT2D eigenvalue weighted by molar-refractivity contribution is -0.150. The van der Waals surface area contributed by atoms with E-state index in [1.54, 1.807) is 26.0 Å². The van der Waals surface area contributed by atoms with Crippen molar-refractivity contribution in [1.29, 1.82) is 0 Å². The third kappa shape index (κ3) is 5.09. The maximum Gasteiger partial charge on any atom is 0.347 e. The predicted molar refractivity (Wildman–Crippen MR) is 75.5 cm³/mol. The van der Waals surface area contributed by atoms with E-state index < -0.39 is 12.1 Å². The van der Waals surface area contributed by atoms with Crippen molar-refractivity contribution in [3.8, 4) is 5.75 Å². The first-order valence-electron chi connectivity index (χ1n) is 6.31. The summed E-state index contributed by atoms with van der Waals surface area (Å²) >= 11 is 6.12. The fourth-order valence-corrected chi connectivity index (χ4v) is 1.88. The van der Waals surface area contributed by atoms with Crippen LogP contribution in [0.25, 0.3) is 0 Å². The first-order valence-corrected chi connectivity index (χ1v) is 6.69. The molecule has 0 radical (unpaired) electrons. The molecule has 1 aromatic rings. The Balaban J connectivity index is 2.71.